The summed E-state index contributed by atoms with van der Waals surface area (Å²) in [7, 11) is 0. The van der Waals surface area contributed by atoms with Crippen LogP contribution in [0.4, 0.5) is 0 Å². The lowest BCUT2D eigenvalue weighted by atomic mass is 10.1. The molecule has 0 radical (unpaired) electrons. The molecular formula is C13H20N2O2. The Bertz CT molecular complexity index is 391. The van der Waals surface area contributed by atoms with Gasteiger partial charge in [-0.3, -0.25) is 4.79 Å². The van der Waals surface area contributed by atoms with Crippen molar-refractivity contribution in [3.05, 3.63) is 29.3 Å². The van der Waals surface area contributed by atoms with Crippen molar-refractivity contribution in [2.45, 2.75) is 32.7 Å². The Morgan fingerprint density at radius 2 is 2.24 bits per heavy atom. The Kier molecular flexibility index (Phi) is 4.97. The number of aryl methyl sites for hydroxylation is 1. The van der Waals surface area contributed by atoms with E-state index in [0.717, 1.165) is 18.4 Å². The molecule has 1 unspecified atom stereocenters. The van der Waals surface area contributed by atoms with Crippen LogP contribution in [0.1, 0.15) is 35.7 Å². The topological polar surface area (TPSA) is 75.4 Å². The summed E-state index contributed by atoms with van der Waals surface area (Å²) in [5.74, 6) is -0.0166. The van der Waals surface area contributed by atoms with Crippen LogP contribution in [0.5, 0.6) is 5.75 Å². The van der Waals surface area contributed by atoms with E-state index < -0.39 is 0 Å². The number of rotatable bonds is 5. The lowest BCUT2D eigenvalue weighted by Gasteiger charge is -2.13. The molecule has 1 atom stereocenters. The molecule has 0 fully saturated rings. The second-order valence-corrected chi connectivity index (χ2v) is 4.31. The highest BCUT2D eigenvalue weighted by atomic mass is 16.3. The molecule has 0 aromatic heterocycles. The number of hydrogen-bond donors (Lipinski definition) is 3. The van der Waals surface area contributed by atoms with Crippen molar-refractivity contribution < 1.29 is 9.90 Å². The van der Waals surface area contributed by atoms with Gasteiger partial charge in [-0.1, -0.05) is 6.07 Å². The molecule has 94 valence electrons. The zero-order valence-corrected chi connectivity index (χ0v) is 10.4. The second-order valence-electron chi connectivity index (χ2n) is 4.31. The van der Waals surface area contributed by atoms with Crippen LogP contribution in [0.25, 0.3) is 0 Å². The van der Waals surface area contributed by atoms with Gasteiger partial charge in [-0.15, -0.1) is 0 Å². The highest BCUT2D eigenvalue weighted by molar-refractivity contribution is 5.94. The first kappa shape index (κ1) is 13.5. The number of hydrogen-bond acceptors (Lipinski definition) is 3. The third kappa shape index (κ3) is 4.07. The van der Waals surface area contributed by atoms with Gasteiger partial charge in [-0.05, 0) is 50.9 Å². The minimum atomic E-state index is -0.162. The van der Waals surface area contributed by atoms with E-state index in [2.05, 4.69) is 5.32 Å². The van der Waals surface area contributed by atoms with Gasteiger partial charge < -0.3 is 16.2 Å². The van der Waals surface area contributed by atoms with Gasteiger partial charge in [0.05, 0.1) is 0 Å². The van der Waals surface area contributed by atoms with Crippen molar-refractivity contribution in [2.75, 3.05) is 6.54 Å². The van der Waals surface area contributed by atoms with E-state index in [0.29, 0.717) is 12.1 Å². The third-order valence-corrected chi connectivity index (χ3v) is 2.69. The molecule has 4 nitrogen and oxygen atoms in total. The van der Waals surface area contributed by atoms with E-state index >= 15 is 0 Å². The molecule has 1 rings (SSSR count). The highest BCUT2D eigenvalue weighted by Gasteiger charge is 2.10. The molecule has 0 aliphatic rings. The van der Waals surface area contributed by atoms with Gasteiger partial charge in [0.25, 0.3) is 5.91 Å². The molecular weight excluding hydrogens is 216 g/mol. The predicted octanol–water partition coefficient (Wildman–Crippen LogP) is 1.56. The second kappa shape index (κ2) is 6.25. The van der Waals surface area contributed by atoms with E-state index in [1.54, 1.807) is 19.1 Å². The van der Waals surface area contributed by atoms with Crippen LogP contribution in [0, 0.1) is 6.92 Å². The Hall–Kier alpha value is -1.55. The molecule has 0 aliphatic heterocycles. The molecule has 1 amide bonds. The predicted molar refractivity (Wildman–Crippen MR) is 68.1 cm³/mol. The Labute approximate surface area is 102 Å². The largest absolute Gasteiger partial charge is 0.508 e. The van der Waals surface area contributed by atoms with Crippen molar-refractivity contribution in [1.29, 1.82) is 0 Å². The van der Waals surface area contributed by atoms with Crippen LogP contribution in [0.15, 0.2) is 18.2 Å². The smallest absolute Gasteiger partial charge is 0.251 e. The SMILES string of the molecule is Cc1ccc(C(=O)NC(C)CCCN)cc1O. The molecule has 4 heteroatoms. The fourth-order valence-corrected chi connectivity index (χ4v) is 1.55. The normalized spacial score (nSPS) is 12.2. The maximum absolute atomic E-state index is 11.8. The fraction of sp³-hybridized carbons (Fsp3) is 0.462. The number of phenols is 1. The Morgan fingerprint density at radius 1 is 1.53 bits per heavy atom. The average Bonchev–Trinajstić information content (AvgIpc) is 2.30. The molecule has 0 saturated heterocycles. The monoisotopic (exact) mass is 236 g/mol. The number of benzene rings is 1. The first-order chi connectivity index (χ1) is 8.04. The number of nitrogens with one attached hydrogen (secondary N) is 1. The van der Waals surface area contributed by atoms with E-state index in [1.165, 1.54) is 6.07 Å². The van der Waals surface area contributed by atoms with Gasteiger partial charge in [-0.2, -0.15) is 0 Å². The summed E-state index contributed by atoms with van der Waals surface area (Å²) in [5, 5.41) is 12.4. The van der Waals surface area contributed by atoms with E-state index in [1.807, 2.05) is 6.92 Å². The van der Waals surface area contributed by atoms with E-state index in [-0.39, 0.29) is 17.7 Å². The van der Waals surface area contributed by atoms with Gasteiger partial charge in [0.1, 0.15) is 5.75 Å². The van der Waals surface area contributed by atoms with Crippen molar-refractivity contribution in [2.24, 2.45) is 5.73 Å². The summed E-state index contributed by atoms with van der Waals surface area (Å²) in [5.41, 5.74) is 6.65. The third-order valence-electron chi connectivity index (χ3n) is 2.69. The van der Waals surface area contributed by atoms with Crippen LogP contribution < -0.4 is 11.1 Å². The molecule has 0 aliphatic carbocycles. The van der Waals surface area contributed by atoms with Crippen LogP contribution >= 0.6 is 0 Å². The van der Waals surface area contributed by atoms with Gasteiger partial charge >= 0.3 is 0 Å². The Morgan fingerprint density at radius 3 is 2.82 bits per heavy atom. The molecule has 4 N–H and O–H groups in total. The maximum atomic E-state index is 11.8. The number of amides is 1. The summed E-state index contributed by atoms with van der Waals surface area (Å²) in [6.07, 6.45) is 1.75. The number of phenolic OH excluding ortho intramolecular Hbond substituents is 1. The summed E-state index contributed by atoms with van der Waals surface area (Å²) in [6.45, 7) is 4.37. The van der Waals surface area contributed by atoms with Crippen molar-refractivity contribution in [3.8, 4) is 5.75 Å². The summed E-state index contributed by atoms with van der Waals surface area (Å²) in [4.78, 5) is 11.8. The van der Waals surface area contributed by atoms with Gasteiger partial charge in [0.15, 0.2) is 0 Å². The van der Waals surface area contributed by atoms with Gasteiger partial charge in [-0.25, -0.2) is 0 Å². The van der Waals surface area contributed by atoms with Gasteiger partial charge in [0, 0.05) is 11.6 Å². The molecule has 1 aromatic rings. The van der Waals surface area contributed by atoms with Crippen molar-refractivity contribution >= 4 is 5.91 Å². The highest BCUT2D eigenvalue weighted by Crippen LogP contribution is 2.17. The summed E-state index contributed by atoms with van der Waals surface area (Å²) >= 11 is 0. The van der Waals surface area contributed by atoms with Crippen molar-refractivity contribution in [3.63, 3.8) is 0 Å². The van der Waals surface area contributed by atoms with E-state index in [4.69, 9.17) is 5.73 Å². The standard InChI is InChI=1S/C13H20N2O2/c1-9-5-6-11(8-12(9)16)13(17)15-10(2)4-3-7-14/h5-6,8,10,16H,3-4,7,14H2,1-2H3,(H,15,17). The zero-order valence-electron chi connectivity index (χ0n) is 10.4. The number of aromatic hydroxyl groups is 1. The van der Waals surface area contributed by atoms with Crippen LogP contribution in [0.3, 0.4) is 0 Å². The van der Waals surface area contributed by atoms with Gasteiger partial charge in [0.2, 0.25) is 0 Å². The van der Waals surface area contributed by atoms with Crippen LogP contribution in [-0.2, 0) is 0 Å². The number of carbonyl (C=O) groups excluding carboxylic acids is 1. The molecule has 17 heavy (non-hydrogen) atoms. The van der Waals surface area contributed by atoms with E-state index in [9.17, 15) is 9.90 Å². The minimum absolute atomic E-state index is 0.0921. The molecule has 0 saturated carbocycles. The first-order valence-corrected chi connectivity index (χ1v) is 5.85. The number of nitrogens with two attached hydrogens (primary N) is 1. The Balaban J connectivity index is 2.60. The number of carbonyl (C=O) groups is 1. The molecule has 0 heterocycles. The molecule has 0 bridgehead atoms. The lowest BCUT2D eigenvalue weighted by Crippen LogP contribution is -2.32. The zero-order chi connectivity index (χ0) is 12.8. The minimum Gasteiger partial charge on any atom is -0.508 e. The average molecular weight is 236 g/mol. The lowest BCUT2D eigenvalue weighted by molar-refractivity contribution is 0.0937. The van der Waals surface area contributed by atoms with Crippen LogP contribution in [0.2, 0.25) is 0 Å². The van der Waals surface area contributed by atoms with Crippen molar-refractivity contribution in [1.82, 2.24) is 5.32 Å². The summed E-state index contributed by atoms with van der Waals surface area (Å²) in [6, 6.07) is 5.02. The summed E-state index contributed by atoms with van der Waals surface area (Å²) < 4.78 is 0. The maximum Gasteiger partial charge on any atom is 0.251 e. The first-order valence-electron chi connectivity index (χ1n) is 5.85. The fourth-order valence-electron chi connectivity index (χ4n) is 1.55. The van der Waals surface area contributed by atoms with Crippen LogP contribution in [-0.4, -0.2) is 23.6 Å². The molecule has 0 spiro atoms. The quantitative estimate of drug-likeness (QED) is 0.726. The molecule has 1 aromatic carbocycles.